The maximum Gasteiger partial charge on any atom is 0.224 e. The lowest BCUT2D eigenvalue weighted by Crippen LogP contribution is -2.26. The quantitative estimate of drug-likeness (QED) is 0.762. The number of rotatable bonds is 8. The van der Waals surface area contributed by atoms with Crippen molar-refractivity contribution >= 4 is 5.91 Å². The van der Waals surface area contributed by atoms with E-state index in [9.17, 15) is 4.79 Å². The van der Waals surface area contributed by atoms with Gasteiger partial charge in [0.25, 0.3) is 0 Å². The van der Waals surface area contributed by atoms with Crippen LogP contribution in [0, 0.1) is 5.92 Å². The van der Waals surface area contributed by atoms with Gasteiger partial charge in [-0.15, -0.1) is 0 Å². The first-order valence-electron chi connectivity index (χ1n) is 7.94. The number of benzene rings is 1. The van der Waals surface area contributed by atoms with E-state index >= 15 is 0 Å². The summed E-state index contributed by atoms with van der Waals surface area (Å²) in [6.45, 7) is 6.00. The molecular weight excluding hydrogens is 274 g/mol. The molecule has 4 heteroatoms. The Morgan fingerprint density at radius 3 is 2.59 bits per heavy atom. The molecule has 2 rings (SSSR count). The third kappa shape index (κ3) is 5.72. The highest BCUT2D eigenvalue weighted by Gasteiger charge is 2.04. The average Bonchev–Trinajstić information content (AvgIpc) is 2.98. The van der Waals surface area contributed by atoms with Gasteiger partial charge in [0.1, 0.15) is 0 Å². The van der Waals surface area contributed by atoms with Gasteiger partial charge in [-0.3, -0.25) is 4.79 Å². The first kappa shape index (κ1) is 16.3. The van der Waals surface area contributed by atoms with E-state index in [-0.39, 0.29) is 5.91 Å². The molecule has 0 bridgehead atoms. The zero-order chi connectivity index (χ0) is 15.8. The van der Waals surface area contributed by atoms with E-state index in [4.69, 9.17) is 0 Å². The van der Waals surface area contributed by atoms with Gasteiger partial charge in [0.15, 0.2) is 0 Å². The van der Waals surface area contributed by atoms with Crippen molar-refractivity contribution in [2.24, 2.45) is 5.92 Å². The van der Waals surface area contributed by atoms with Crippen LogP contribution in [0.2, 0.25) is 0 Å². The smallest absolute Gasteiger partial charge is 0.224 e. The van der Waals surface area contributed by atoms with Crippen molar-refractivity contribution in [3.05, 3.63) is 54.1 Å². The van der Waals surface area contributed by atoms with Crippen LogP contribution in [0.1, 0.15) is 31.4 Å². The van der Waals surface area contributed by atoms with E-state index in [0.717, 1.165) is 24.9 Å². The van der Waals surface area contributed by atoms with E-state index in [0.29, 0.717) is 18.9 Å². The number of aryl methyl sites for hydroxylation is 1. The Hall–Kier alpha value is -2.10. The Bertz CT molecular complexity index is 559. The number of nitrogens with zero attached hydrogens (tertiary/aromatic N) is 2. The largest absolute Gasteiger partial charge is 0.356 e. The third-order valence-electron chi connectivity index (χ3n) is 3.51. The number of hydrogen-bond donors (Lipinski definition) is 1. The van der Waals surface area contributed by atoms with Crippen LogP contribution in [0.4, 0.5) is 0 Å². The van der Waals surface area contributed by atoms with Gasteiger partial charge in [-0.25, -0.2) is 4.98 Å². The lowest BCUT2D eigenvalue weighted by atomic mass is 10.0. The summed E-state index contributed by atoms with van der Waals surface area (Å²) in [5, 5.41) is 2.97. The fourth-order valence-electron chi connectivity index (χ4n) is 2.42. The predicted molar refractivity (Wildman–Crippen MR) is 88.5 cm³/mol. The minimum absolute atomic E-state index is 0.0854. The van der Waals surface area contributed by atoms with Gasteiger partial charge in [0.05, 0.1) is 12.7 Å². The number of nitrogens with one attached hydrogen (secondary N) is 1. The van der Waals surface area contributed by atoms with E-state index in [2.05, 4.69) is 48.4 Å². The second-order valence-corrected chi connectivity index (χ2v) is 6.10. The van der Waals surface area contributed by atoms with Crippen LogP contribution >= 0.6 is 0 Å². The Morgan fingerprint density at radius 1 is 1.23 bits per heavy atom. The highest BCUT2D eigenvalue weighted by atomic mass is 16.1. The summed E-state index contributed by atoms with van der Waals surface area (Å²) in [6, 6.07) is 8.37. The molecular formula is C18H25N3O. The predicted octanol–water partition coefficient (Wildman–Crippen LogP) is 2.83. The topological polar surface area (TPSA) is 46.9 Å². The molecule has 0 fully saturated rings. The molecule has 1 aromatic heterocycles. The minimum Gasteiger partial charge on any atom is -0.356 e. The molecule has 0 saturated carbocycles. The monoisotopic (exact) mass is 299 g/mol. The Kier molecular flexibility index (Phi) is 6.19. The van der Waals surface area contributed by atoms with Crippen LogP contribution in [0.5, 0.6) is 0 Å². The number of imidazole rings is 1. The average molecular weight is 299 g/mol. The fraction of sp³-hybridized carbons (Fsp3) is 0.444. The maximum absolute atomic E-state index is 11.9. The van der Waals surface area contributed by atoms with Crippen molar-refractivity contribution in [1.82, 2.24) is 14.9 Å². The van der Waals surface area contributed by atoms with Crippen molar-refractivity contribution in [2.45, 2.75) is 39.7 Å². The minimum atomic E-state index is 0.0854. The standard InChI is InChI=1S/C18H25N3O/c1-15(2)12-16-4-6-17(7-5-16)13-18(22)20-8-3-10-21-11-9-19-14-21/h4-7,9,11,14-15H,3,8,10,12-13H2,1-2H3,(H,20,22). The number of hydrogen-bond acceptors (Lipinski definition) is 2. The highest BCUT2D eigenvalue weighted by molar-refractivity contribution is 5.78. The van der Waals surface area contributed by atoms with E-state index in [1.54, 1.807) is 12.5 Å². The Morgan fingerprint density at radius 2 is 1.95 bits per heavy atom. The maximum atomic E-state index is 11.9. The second-order valence-electron chi connectivity index (χ2n) is 6.10. The molecule has 0 aliphatic rings. The van der Waals surface area contributed by atoms with Gasteiger partial charge in [-0.05, 0) is 29.9 Å². The number of carbonyl (C=O) groups excluding carboxylic acids is 1. The summed E-state index contributed by atoms with van der Waals surface area (Å²) in [5.74, 6) is 0.742. The molecule has 1 amide bonds. The summed E-state index contributed by atoms with van der Waals surface area (Å²) in [5.41, 5.74) is 2.40. The van der Waals surface area contributed by atoms with Crippen molar-refractivity contribution in [3.63, 3.8) is 0 Å². The van der Waals surface area contributed by atoms with Crippen LogP contribution < -0.4 is 5.32 Å². The van der Waals surface area contributed by atoms with Gasteiger partial charge in [0.2, 0.25) is 5.91 Å². The van der Waals surface area contributed by atoms with E-state index < -0.39 is 0 Å². The second kappa shape index (κ2) is 8.37. The molecule has 0 aliphatic heterocycles. The number of amides is 1. The van der Waals surface area contributed by atoms with Crippen molar-refractivity contribution in [3.8, 4) is 0 Å². The molecule has 0 unspecified atom stereocenters. The molecule has 1 N–H and O–H groups in total. The van der Waals surface area contributed by atoms with Crippen molar-refractivity contribution in [2.75, 3.05) is 6.54 Å². The summed E-state index contributed by atoms with van der Waals surface area (Å²) >= 11 is 0. The molecule has 0 atom stereocenters. The molecule has 0 aliphatic carbocycles. The van der Waals surface area contributed by atoms with E-state index in [1.165, 1.54) is 5.56 Å². The van der Waals surface area contributed by atoms with Gasteiger partial charge >= 0.3 is 0 Å². The third-order valence-corrected chi connectivity index (χ3v) is 3.51. The number of aromatic nitrogens is 2. The van der Waals surface area contributed by atoms with E-state index in [1.807, 2.05) is 10.8 Å². The van der Waals surface area contributed by atoms with Crippen LogP contribution in [-0.2, 0) is 24.2 Å². The Balaban J connectivity index is 1.68. The Labute approximate surface area is 132 Å². The lowest BCUT2D eigenvalue weighted by Gasteiger charge is -2.08. The van der Waals surface area contributed by atoms with Crippen LogP contribution in [-0.4, -0.2) is 22.0 Å². The fourth-order valence-corrected chi connectivity index (χ4v) is 2.42. The van der Waals surface area contributed by atoms with Crippen LogP contribution in [0.15, 0.2) is 43.0 Å². The number of carbonyl (C=O) groups is 1. The molecule has 0 spiro atoms. The van der Waals surface area contributed by atoms with Crippen molar-refractivity contribution in [1.29, 1.82) is 0 Å². The first-order valence-corrected chi connectivity index (χ1v) is 7.94. The van der Waals surface area contributed by atoms with Crippen LogP contribution in [0.3, 0.4) is 0 Å². The van der Waals surface area contributed by atoms with Crippen molar-refractivity contribution < 1.29 is 4.79 Å². The van der Waals surface area contributed by atoms with Gasteiger partial charge in [0, 0.05) is 25.5 Å². The molecule has 4 nitrogen and oxygen atoms in total. The summed E-state index contributed by atoms with van der Waals surface area (Å²) < 4.78 is 2.01. The normalized spacial score (nSPS) is 10.9. The highest BCUT2D eigenvalue weighted by Crippen LogP contribution is 2.10. The first-order chi connectivity index (χ1) is 10.6. The molecule has 1 heterocycles. The lowest BCUT2D eigenvalue weighted by molar-refractivity contribution is -0.120. The molecule has 0 saturated heterocycles. The van der Waals surface area contributed by atoms with Gasteiger partial charge in [-0.1, -0.05) is 38.1 Å². The molecule has 0 radical (unpaired) electrons. The SMILES string of the molecule is CC(C)Cc1ccc(CC(=O)NCCCn2ccnc2)cc1. The van der Waals surface area contributed by atoms with Gasteiger partial charge in [-0.2, -0.15) is 0 Å². The summed E-state index contributed by atoms with van der Waals surface area (Å²) in [7, 11) is 0. The molecule has 2 aromatic rings. The molecule has 22 heavy (non-hydrogen) atoms. The molecule has 1 aromatic carbocycles. The zero-order valence-electron chi connectivity index (χ0n) is 13.5. The van der Waals surface area contributed by atoms with Gasteiger partial charge < -0.3 is 9.88 Å². The molecule has 118 valence electrons. The zero-order valence-corrected chi connectivity index (χ0v) is 13.5. The van der Waals surface area contributed by atoms with Crippen LogP contribution in [0.25, 0.3) is 0 Å². The summed E-state index contributed by atoms with van der Waals surface area (Å²) in [4.78, 5) is 15.9. The summed E-state index contributed by atoms with van der Waals surface area (Å²) in [6.07, 6.45) is 7.94.